The fraction of sp³-hybridized carbons (Fsp3) is 0.846. The third-order valence-electron chi connectivity index (χ3n) is 2.97. The largest absolute Gasteiger partial charge is 0.374 e. The van der Waals surface area contributed by atoms with E-state index in [0.29, 0.717) is 23.5 Å². The van der Waals surface area contributed by atoms with Crippen molar-refractivity contribution in [2.75, 3.05) is 6.61 Å². The Bertz CT molecular complexity index is 187. The lowest BCUT2D eigenvalue weighted by Gasteiger charge is -2.44. The van der Waals surface area contributed by atoms with E-state index >= 15 is 0 Å². The van der Waals surface area contributed by atoms with Gasteiger partial charge in [-0.3, -0.25) is 0 Å². The first kappa shape index (κ1) is 11.8. The van der Waals surface area contributed by atoms with Crippen LogP contribution in [0.1, 0.15) is 47.0 Å². The van der Waals surface area contributed by atoms with E-state index in [9.17, 15) is 0 Å². The predicted molar refractivity (Wildman–Crippen MR) is 61.4 cm³/mol. The Hall–Kier alpha value is -0.300. The van der Waals surface area contributed by atoms with E-state index in [-0.39, 0.29) is 0 Å². The van der Waals surface area contributed by atoms with Gasteiger partial charge in [-0.2, -0.15) is 0 Å². The molecule has 14 heavy (non-hydrogen) atoms. The van der Waals surface area contributed by atoms with Gasteiger partial charge in [-0.05, 0) is 30.1 Å². The molecule has 1 fully saturated rings. The van der Waals surface area contributed by atoms with E-state index in [1.807, 2.05) is 6.08 Å². The average molecular weight is 196 g/mol. The standard InChI is InChI=1S/C13H24O/c1-6-7-14-11-8-12(2,3)10-13(4,5)9-11/h6,11H,1,7-10H2,2-5H3. The van der Waals surface area contributed by atoms with Crippen LogP contribution in [0.2, 0.25) is 0 Å². The molecule has 1 aliphatic carbocycles. The van der Waals surface area contributed by atoms with Gasteiger partial charge in [0.2, 0.25) is 0 Å². The van der Waals surface area contributed by atoms with E-state index < -0.39 is 0 Å². The molecule has 0 aromatic carbocycles. The molecule has 82 valence electrons. The first-order valence-corrected chi connectivity index (χ1v) is 5.57. The highest BCUT2D eigenvalue weighted by Gasteiger charge is 2.38. The molecule has 0 atom stereocenters. The minimum atomic E-state index is 0.423. The van der Waals surface area contributed by atoms with E-state index in [1.54, 1.807) is 0 Å². The summed E-state index contributed by atoms with van der Waals surface area (Å²) in [4.78, 5) is 0. The number of hydrogen-bond donors (Lipinski definition) is 0. The van der Waals surface area contributed by atoms with Crippen LogP contribution in [-0.4, -0.2) is 12.7 Å². The summed E-state index contributed by atoms with van der Waals surface area (Å²) in [6.07, 6.45) is 5.93. The van der Waals surface area contributed by atoms with Crippen molar-refractivity contribution < 1.29 is 4.74 Å². The molecule has 1 aliphatic rings. The van der Waals surface area contributed by atoms with Crippen LogP contribution >= 0.6 is 0 Å². The third kappa shape index (κ3) is 3.45. The van der Waals surface area contributed by atoms with Gasteiger partial charge in [-0.25, -0.2) is 0 Å². The summed E-state index contributed by atoms with van der Waals surface area (Å²) in [5.74, 6) is 0. The van der Waals surface area contributed by atoms with Crippen molar-refractivity contribution in [3.05, 3.63) is 12.7 Å². The van der Waals surface area contributed by atoms with E-state index in [4.69, 9.17) is 4.74 Å². The normalized spacial score (nSPS) is 26.0. The lowest BCUT2D eigenvalue weighted by molar-refractivity contribution is -0.0392. The molecule has 0 radical (unpaired) electrons. The molecule has 0 aromatic heterocycles. The van der Waals surface area contributed by atoms with Crippen LogP contribution in [0.4, 0.5) is 0 Å². The van der Waals surface area contributed by atoms with Gasteiger partial charge >= 0.3 is 0 Å². The Morgan fingerprint density at radius 3 is 2.14 bits per heavy atom. The molecular formula is C13H24O. The molecule has 0 aliphatic heterocycles. The first-order valence-electron chi connectivity index (χ1n) is 5.57. The number of hydrogen-bond acceptors (Lipinski definition) is 1. The van der Waals surface area contributed by atoms with Crippen molar-refractivity contribution in [3.63, 3.8) is 0 Å². The highest BCUT2D eigenvalue weighted by Crippen LogP contribution is 2.46. The minimum absolute atomic E-state index is 0.423. The predicted octanol–water partition coefficient (Wildman–Crippen LogP) is 3.79. The summed E-state index contributed by atoms with van der Waals surface area (Å²) in [5.41, 5.74) is 0.848. The van der Waals surface area contributed by atoms with Crippen LogP contribution in [0.3, 0.4) is 0 Å². The van der Waals surface area contributed by atoms with Crippen molar-refractivity contribution in [1.82, 2.24) is 0 Å². The Morgan fingerprint density at radius 1 is 1.21 bits per heavy atom. The molecule has 1 saturated carbocycles. The Morgan fingerprint density at radius 2 is 1.71 bits per heavy atom. The number of ether oxygens (including phenoxy) is 1. The number of rotatable bonds is 3. The molecule has 0 unspecified atom stereocenters. The lowest BCUT2D eigenvalue weighted by atomic mass is 9.64. The summed E-state index contributed by atoms with van der Waals surface area (Å²) < 4.78 is 5.79. The summed E-state index contributed by atoms with van der Waals surface area (Å²) in [5, 5.41) is 0. The van der Waals surface area contributed by atoms with Gasteiger partial charge in [0.1, 0.15) is 0 Å². The molecule has 1 nitrogen and oxygen atoms in total. The third-order valence-corrected chi connectivity index (χ3v) is 2.97. The van der Waals surface area contributed by atoms with Gasteiger partial charge in [0.25, 0.3) is 0 Å². The Balaban J connectivity index is 2.57. The lowest BCUT2D eigenvalue weighted by Crippen LogP contribution is -2.37. The average Bonchev–Trinajstić information content (AvgIpc) is 1.94. The Kier molecular flexibility index (Phi) is 3.41. The Labute approximate surface area is 88.5 Å². The zero-order chi connectivity index (χ0) is 10.8. The van der Waals surface area contributed by atoms with Gasteiger partial charge < -0.3 is 4.74 Å². The van der Waals surface area contributed by atoms with E-state index in [0.717, 1.165) is 0 Å². The van der Waals surface area contributed by atoms with Crippen LogP contribution in [0.5, 0.6) is 0 Å². The molecule has 0 saturated heterocycles. The highest BCUT2D eigenvalue weighted by molar-refractivity contribution is 4.90. The molecule has 0 spiro atoms. The first-order chi connectivity index (χ1) is 6.35. The zero-order valence-corrected chi connectivity index (χ0v) is 10.1. The van der Waals surface area contributed by atoms with E-state index in [2.05, 4.69) is 34.3 Å². The molecule has 1 rings (SSSR count). The van der Waals surface area contributed by atoms with Gasteiger partial charge in [0.05, 0.1) is 12.7 Å². The second-order valence-corrected chi connectivity index (χ2v) is 6.16. The highest BCUT2D eigenvalue weighted by atomic mass is 16.5. The van der Waals surface area contributed by atoms with Crippen molar-refractivity contribution in [3.8, 4) is 0 Å². The maximum atomic E-state index is 5.79. The van der Waals surface area contributed by atoms with Crippen molar-refractivity contribution in [2.24, 2.45) is 10.8 Å². The topological polar surface area (TPSA) is 9.23 Å². The SMILES string of the molecule is C=CCOC1CC(C)(C)CC(C)(C)C1. The smallest absolute Gasteiger partial charge is 0.0648 e. The van der Waals surface area contributed by atoms with Crippen molar-refractivity contribution in [2.45, 2.75) is 53.1 Å². The molecular weight excluding hydrogens is 172 g/mol. The van der Waals surface area contributed by atoms with Gasteiger partial charge in [-0.15, -0.1) is 6.58 Å². The molecule has 1 heteroatoms. The zero-order valence-electron chi connectivity index (χ0n) is 10.1. The summed E-state index contributed by atoms with van der Waals surface area (Å²) in [6.45, 7) is 13.8. The molecule has 0 heterocycles. The molecule has 0 amide bonds. The second-order valence-electron chi connectivity index (χ2n) is 6.16. The molecule has 0 bridgehead atoms. The minimum Gasteiger partial charge on any atom is -0.374 e. The monoisotopic (exact) mass is 196 g/mol. The van der Waals surface area contributed by atoms with Crippen molar-refractivity contribution in [1.29, 1.82) is 0 Å². The van der Waals surface area contributed by atoms with E-state index in [1.165, 1.54) is 19.3 Å². The van der Waals surface area contributed by atoms with Crippen LogP contribution in [0, 0.1) is 10.8 Å². The molecule has 0 N–H and O–H groups in total. The fourth-order valence-corrected chi connectivity index (χ4v) is 3.07. The maximum Gasteiger partial charge on any atom is 0.0648 e. The summed E-state index contributed by atoms with van der Waals surface area (Å²) >= 11 is 0. The summed E-state index contributed by atoms with van der Waals surface area (Å²) in [7, 11) is 0. The van der Waals surface area contributed by atoms with Crippen molar-refractivity contribution >= 4 is 0 Å². The van der Waals surface area contributed by atoms with Gasteiger partial charge in [-0.1, -0.05) is 33.8 Å². The maximum absolute atomic E-state index is 5.79. The molecule has 0 aromatic rings. The van der Waals surface area contributed by atoms with Crippen LogP contribution in [-0.2, 0) is 4.74 Å². The quantitative estimate of drug-likeness (QED) is 0.624. The van der Waals surface area contributed by atoms with Crippen LogP contribution < -0.4 is 0 Å². The van der Waals surface area contributed by atoms with Gasteiger partial charge in [0.15, 0.2) is 0 Å². The summed E-state index contributed by atoms with van der Waals surface area (Å²) in [6, 6.07) is 0. The fourth-order valence-electron chi connectivity index (χ4n) is 3.07. The van der Waals surface area contributed by atoms with Crippen LogP contribution in [0.15, 0.2) is 12.7 Å². The van der Waals surface area contributed by atoms with Crippen LogP contribution in [0.25, 0.3) is 0 Å². The van der Waals surface area contributed by atoms with Gasteiger partial charge in [0, 0.05) is 0 Å². The second kappa shape index (κ2) is 4.06.